The van der Waals surface area contributed by atoms with Gasteiger partial charge in [-0.2, -0.15) is 0 Å². The van der Waals surface area contributed by atoms with Gasteiger partial charge < -0.3 is 18.9 Å². The minimum absolute atomic E-state index is 0.0105. The third kappa shape index (κ3) is 4.17. The number of piperazine rings is 1. The zero-order valence-corrected chi connectivity index (χ0v) is 16.9. The maximum absolute atomic E-state index is 12.0. The first kappa shape index (κ1) is 19.5. The average molecular weight is 371 g/mol. The Balaban J connectivity index is 1.98. The summed E-state index contributed by atoms with van der Waals surface area (Å²) in [6, 6.07) is 5.98. The standard InChI is InChI=1S/C21H29N3O3/c1-15-10-16(13-23(3)21(15)25)18-12-19(26-4)17(11-20(18)27-5)14-24-8-6-22(2)7-9-24/h10-13H,6-9,14H2,1-5H3. The molecule has 0 bridgehead atoms. The summed E-state index contributed by atoms with van der Waals surface area (Å²) < 4.78 is 13.0. The average Bonchev–Trinajstić information content (AvgIpc) is 2.67. The van der Waals surface area contributed by atoms with Crippen LogP contribution in [0.1, 0.15) is 11.1 Å². The topological polar surface area (TPSA) is 46.9 Å². The number of likely N-dealkylation sites (N-methyl/N-ethyl adjacent to an activating group) is 1. The molecule has 1 fully saturated rings. The summed E-state index contributed by atoms with van der Waals surface area (Å²) in [5.41, 5.74) is 3.70. The second-order valence-corrected chi connectivity index (χ2v) is 7.27. The van der Waals surface area contributed by atoms with E-state index in [4.69, 9.17) is 9.47 Å². The molecule has 1 saturated heterocycles. The fourth-order valence-electron chi connectivity index (χ4n) is 3.58. The predicted molar refractivity (Wildman–Crippen MR) is 108 cm³/mol. The smallest absolute Gasteiger partial charge is 0.253 e. The molecule has 0 amide bonds. The lowest BCUT2D eigenvalue weighted by atomic mass is 10.0. The second kappa shape index (κ2) is 8.15. The van der Waals surface area contributed by atoms with Gasteiger partial charge in [-0.1, -0.05) is 0 Å². The molecule has 0 unspecified atom stereocenters. The SMILES string of the molecule is COc1cc(-c2cc(C)c(=O)n(C)c2)c(OC)cc1CN1CCN(C)CC1. The van der Waals surface area contributed by atoms with Crippen molar-refractivity contribution < 1.29 is 9.47 Å². The summed E-state index contributed by atoms with van der Waals surface area (Å²) in [5.74, 6) is 1.63. The Morgan fingerprint density at radius 1 is 0.963 bits per heavy atom. The molecule has 1 aromatic carbocycles. The molecule has 2 aromatic rings. The summed E-state index contributed by atoms with van der Waals surface area (Å²) in [4.78, 5) is 16.8. The van der Waals surface area contributed by atoms with Crippen molar-refractivity contribution in [2.75, 3.05) is 47.4 Å². The van der Waals surface area contributed by atoms with Crippen molar-refractivity contribution in [1.29, 1.82) is 0 Å². The van der Waals surface area contributed by atoms with Crippen LogP contribution in [0, 0.1) is 6.92 Å². The van der Waals surface area contributed by atoms with Crippen molar-refractivity contribution in [2.45, 2.75) is 13.5 Å². The van der Waals surface area contributed by atoms with E-state index in [1.165, 1.54) is 0 Å². The number of pyridine rings is 1. The highest BCUT2D eigenvalue weighted by Crippen LogP contribution is 2.36. The Labute approximate surface area is 160 Å². The van der Waals surface area contributed by atoms with Gasteiger partial charge >= 0.3 is 0 Å². The quantitative estimate of drug-likeness (QED) is 0.806. The zero-order valence-electron chi connectivity index (χ0n) is 16.9. The first-order valence-electron chi connectivity index (χ1n) is 9.26. The van der Waals surface area contributed by atoms with Gasteiger partial charge in [0.2, 0.25) is 0 Å². The minimum Gasteiger partial charge on any atom is -0.496 e. The monoisotopic (exact) mass is 371 g/mol. The predicted octanol–water partition coefficient (Wildman–Crippen LogP) is 2.13. The van der Waals surface area contributed by atoms with E-state index in [0.29, 0.717) is 5.56 Å². The molecule has 0 N–H and O–H groups in total. The van der Waals surface area contributed by atoms with E-state index < -0.39 is 0 Å². The molecule has 0 aliphatic carbocycles. The molecule has 3 rings (SSSR count). The molecule has 1 aliphatic heterocycles. The van der Waals surface area contributed by atoms with Crippen molar-refractivity contribution in [3.05, 3.63) is 45.9 Å². The molecule has 27 heavy (non-hydrogen) atoms. The number of rotatable bonds is 5. The number of hydrogen-bond donors (Lipinski definition) is 0. The maximum atomic E-state index is 12.0. The number of methoxy groups -OCH3 is 2. The number of ether oxygens (including phenoxy) is 2. The summed E-state index contributed by atoms with van der Waals surface area (Å²) in [7, 11) is 7.31. The van der Waals surface area contributed by atoms with Crippen LogP contribution in [0.15, 0.2) is 29.2 Å². The van der Waals surface area contributed by atoms with Gasteiger partial charge in [-0.3, -0.25) is 9.69 Å². The summed E-state index contributed by atoms with van der Waals surface area (Å²) >= 11 is 0. The Morgan fingerprint density at radius 3 is 2.22 bits per heavy atom. The van der Waals surface area contributed by atoms with E-state index in [1.54, 1.807) is 25.8 Å². The van der Waals surface area contributed by atoms with Crippen LogP contribution in [-0.4, -0.2) is 61.8 Å². The van der Waals surface area contributed by atoms with E-state index in [-0.39, 0.29) is 5.56 Å². The Morgan fingerprint density at radius 2 is 1.63 bits per heavy atom. The highest BCUT2D eigenvalue weighted by molar-refractivity contribution is 5.73. The number of aryl methyl sites for hydroxylation is 2. The van der Waals surface area contributed by atoms with Gasteiger partial charge in [0.05, 0.1) is 14.2 Å². The largest absolute Gasteiger partial charge is 0.496 e. The molecule has 6 heteroatoms. The molecule has 1 aromatic heterocycles. The first-order chi connectivity index (χ1) is 12.9. The van der Waals surface area contributed by atoms with Crippen molar-refractivity contribution in [3.8, 4) is 22.6 Å². The first-order valence-corrected chi connectivity index (χ1v) is 9.26. The molecule has 146 valence electrons. The molecule has 6 nitrogen and oxygen atoms in total. The highest BCUT2D eigenvalue weighted by Gasteiger charge is 2.19. The van der Waals surface area contributed by atoms with Crippen LogP contribution in [0.3, 0.4) is 0 Å². The van der Waals surface area contributed by atoms with E-state index in [0.717, 1.165) is 60.9 Å². The molecular weight excluding hydrogens is 342 g/mol. The van der Waals surface area contributed by atoms with E-state index >= 15 is 0 Å². The molecule has 0 radical (unpaired) electrons. The van der Waals surface area contributed by atoms with E-state index in [2.05, 4.69) is 22.9 Å². The summed E-state index contributed by atoms with van der Waals surface area (Å²) in [6.45, 7) is 6.91. The minimum atomic E-state index is 0.0105. The van der Waals surface area contributed by atoms with Crippen LogP contribution < -0.4 is 15.0 Å². The lowest BCUT2D eigenvalue weighted by Crippen LogP contribution is -2.43. The van der Waals surface area contributed by atoms with Gasteiger partial charge in [0.1, 0.15) is 11.5 Å². The zero-order chi connectivity index (χ0) is 19.6. The van der Waals surface area contributed by atoms with E-state index in [1.807, 2.05) is 25.3 Å². The van der Waals surface area contributed by atoms with Crippen LogP contribution >= 0.6 is 0 Å². The van der Waals surface area contributed by atoms with Gasteiger partial charge in [0.15, 0.2) is 0 Å². The fraction of sp³-hybridized carbons (Fsp3) is 0.476. The lowest BCUT2D eigenvalue weighted by Gasteiger charge is -2.32. The van der Waals surface area contributed by atoms with Gasteiger partial charge in [-0.25, -0.2) is 0 Å². The molecule has 1 aliphatic rings. The number of nitrogens with zero attached hydrogens (tertiary/aromatic N) is 3. The lowest BCUT2D eigenvalue weighted by molar-refractivity contribution is 0.147. The van der Waals surface area contributed by atoms with Gasteiger partial charge in [0, 0.05) is 68.2 Å². The van der Waals surface area contributed by atoms with Crippen molar-refractivity contribution >= 4 is 0 Å². The molecule has 0 atom stereocenters. The fourth-order valence-corrected chi connectivity index (χ4v) is 3.58. The van der Waals surface area contributed by atoms with Gasteiger partial charge in [-0.15, -0.1) is 0 Å². The third-order valence-corrected chi connectivity index (χ3v) is 5.27. The Kier molecular flexibility index (Phi) is 5.87. The number of benzene rings is 1. The Bertz CT molecular complexity index is 841. The molecule has 0 spiro atoms. The maximum Gasteiger partial charge on any atom is 0.253 e. The van der Waals surface area contributed by atoms with Gasteiger partial charge in [0.25, 0.3) is 5.56 Å². The van der Waals surface area contributed by atoms with Crippen LogP contribution in [0.2, 0.25) is 0 Å². The highest BCUT2D eigenvalue weighted by atomic mass is 16.5. The van der Waals surface area contributed by atoms with Crippen molar-refractivity contribution in [2.24, 2.45) is 7.05 Å². The Hall–Kier alpha value is -2.31. The molecule has 0 saturated carbocycles. The third-order valence-electron chi connectivity index (χ3n) is 5.27. The summed E-state index contributed by atoms with van der Waals surface area (Å²) in [5, 5.41) is 0. The second-order valence-electron chi connectivity index (χ2n) is 7.27. The van der Waals surface area contributed by atoms with Crippen molar-refractivity contribution in [3.63, 3.8) is 0 Å². The number of hydrogen-bond acceptors (Lipinski definition) is 5. The normalized spacial score (nSPS) is 15.7. The van der Waals surface area contributed by atoms with Crippen molar-refractivity contribution in [1.82, 2.24) is 14.4 Å². The van der Waals surface area contributed by atoms with E-state index in [9.17, 15) is 4.79 Å². The summed E-state index contributed by atoms with van der Waals surface area (Å²) in [6.07, 6.45) is 1.84. The van der Waals surface area contributed by atoms with Crippen LogP contribution in [0.5, 0.6) is 11.5 Å². The van der Waals surface area contributed by atoms with Crippen LogP contribution in [0.4, 0.5) is 0 Å². The molecule has 2 heterocycles. The van der Waals surface area contributed by atoms with Gasteiger partial charge in [-0.05, 0) is 32.2 Å². The van der Waals surface area contributed by atoms with Crippen LogP contribution in [-0.2, 0) is 13.6 Å². The number of aromatic nitrogens is 1. The van der Waals surface area contributed by atoms with Crippen LogP contribution in [0.25, 0.3) is 11.1 Å². The molecular formula is C21H29N3O3.